The summed E-state index contributed by atoms with van der Waals surface area (Å²) in [5.41, 5.74) is 0. The van der Waals surface area contributed by atoms with E-state index in [0.29, 0.717) is 19.1 Å². The van der Waals surface area contributed by atoms with Crippen molar-refractivity contribution in [3.05, 3.63) is 0 Å². The largest absolute Gasteiger partial charge is 0.385 e. The third kappa shape index (κ3) is 4.97. The van der Waals surface area contributed by atoms with Gasteiger partial charge < -0.3 is 19.3 Å². The lowest BCUT2D eigenvalue weighted by Gasteiger charge is -2.30. The van der Waals surface area contributed by atoms with Crippen LogP contribution >= 0.6 is 0 Å². The van der Waals surface area contributed by atoms with Gasteiger partial charge in [0.25, 0.3) is 0 Å². The van der Waals surface area contributed by atoms with Gasteiger partial charge in [-0.1, -0.05) is 6.42 Å². The Balaban J connectivity index is 1.85. The number of ether oxygens (including phenoxy) is 2. The second-order valence-electron chi connectivity index (χ2n) is 5.85. The molecule has 0 radical (unpaired) electrons. The zero-order valence-electron chi connectivity index (χ0n) is 12.9. The fourth-order valence-corrected chi connectivity index (χ4v) is 2.96. The normalized spacial score (nSPS) is 24.0. The highest BCUT2D eigenvalue weighted by molar-refractivity contribution is 5.85. The molecular formula is C15H26N2O4. The van der Waals surface area contributed by atoms with Gasteiger partial charge in [0.05, 0.1) is 13.2 Å². The Bertz CT molecular complexity index is 362. The number of amides is 2. The van der Waals surface area contributed by atoms with Crippen LogP contribution in [0.5, 0.6) is 0 Å². The summed E-state index contributed by atoms with van der Waals surface area (Å²) < 4.78 is 10.2. The van der Waals surface area contributed by atoms with Crippen molar-refractivity contribution in [3.8, 4) is 0 Å². The van der Waals surface area contributed by atoms with Gasteiger partial charge in [-0.3, -0.25) is 9.59 Å². The number of carbonyl (C=O) groups excluding carboxylic acids is 2. The van der Waals surface area contributed by atoms with Crippen LogP contribution in [-0.2, 0) is 19.1 Å². The number of hydrogen-bond donors (Lipinski definition) is 0. The van der Waals surface area contributed by atoms with Crippen LogP contribution in [0.15, 0.2) is 0 Å². The number of nitrogens with zero attached hydrogens (tertiary/aromatic N) is 2. The molecule has 0 aromatic rings. The Labute approximate surface area is 126 Å². The lowest BCUT2D eigenvalue weighted by molar-refractivity contribution is -0.148. The smallest absolute Gasteiger partial charge is 0.249 e. The zero-order valence-corrected chi connectivity index (χ0v) is 12.9. The lowest BCUT2D eigenvalue weighted by atomic mass is 10.00. The minimum atomic E-state index is -0.0830. The standard InChI is InChI=1S/C15H26N2O4/c1-20-8-5-13-4-2-3-6-16(10-13)14(18)11-17-7-9-21-12-15(17)19/h13H,2-12H2,1H3/t13-/m1/s1. The highest BCUT2D eigenvalue weighted by Crippen LogP contribution is 2.19. The predicted molar refractivity (Wildman–Crippen MR) is 77.8 cm³/mol. The first-order valence-electron chi connectivity index (χ1n) is 7.83. The summed E-state index contributed by atoms with van der Waals surface area (Å²) in [6.07, 6.45) is 4.36. The maximum atomic E-state index is 12.4. The van der Waals surface area contributed by atoms with Gasteiger partial charge in [-0.25, -0.2) is 0 Å². The molecular weight excluding hydrogens is 272 g/mol. The number of hydrogen-bond acceptors (Lipinski definition) is 4. The van der Waals surface area contributed by atoms with Crippen molar-refractivity contribution >= 4 is 11.8 Å². The molecule has 2 amide bonds. The van der Waals surface area contributed by atoms with Gasteiger partial charge in [-0.05, 0) is 25.2 Å². The molecule has 21 heavy (non-hydrogen) atoms. The minimum absolute atomic E-state index is 0.0644. The van der Waals surface area contributed by atoms with Crippen molar-refractivity contribution in [2.24, 2.45) is 5.92 Å². The molecule has 6 nitrogen and oxygen atoms in total. The van der Waals surface area contributed by atoms with E-state index in [1.54, 1.807) is 12.0 Å². The van der Waals surface area contributed by atoms with E-state index in [-0.39, 0.29) is 25.0 Å². The third-order valence-electron chi connectivity index (χ3n) is 4.26. The van der Waals surface area contributed by atoms with Crippen LogP contribution in [0.1, 0.15) is 25.7 Å². The summed E-state index contributed by atoms with van der Waals surface area (Å²) in [6, 6.07) is 0. The van der Waals surface area contributed by atoms with Crippen molar-refractivity contribution in [2.75, 3.05) is 53.1 Å². The van der Waals surface area contributed by atoms with Gasteiger partial charge in [0.2, 0.25) is 11.8 Å². The van der Waals surface area contributed by atoms with Gasteiger partial charge in [-0.15, -0.1) is 0 Å². The molecule has 0 aromatic heterocycles. The molecule has 0 N–H and O–H groups in total. The molecule has 120 valence electrons. The van der Waals surface area contributed by atoms with Crippen LogP contribution in [0, 0.1) is 5.92 Å². The van der Waals surface area contributed by atoms with Crippen LogP contribution in [0.2, 0.25) is 0 Å². The van der Waals surface area contributed by atoms with Gasteiger partial charge >= 0.3 is 0 Å². The summed E-state index contributed by atoms with van der Waals surface area (Å²) >= 11 is 0. The first kappa shape index (κ1) is 16.2. The molecule has 0 bridgehead atoms. The molecule has 0 saturated carbocycles. The quantitative estimate of drug-likeness (QED) is 0.742. The van der Waals surface area contributed by atoms with Crippen molar-refractivity contribution in [1.82, 2.24) is 9.80 Å². The summed E-state index contributed by atoms with van der Waals surface area (Å²) in [6.45, 7) is 3.68. The molecule has 0 unspecified atom stereocenters. The van der Waals surface area contributed by atoms with Crippen LogP contribution in [0.25, 0.3) is 0 Å². The number of morpholine rings is 1. The maximum Gasteiger partial charge on any atom is 0.249 e. The molecule has 2 saturated heterocycles. The van der Waals surface area contributed by atoms with Crippen molar-refractivity contribution in [2.45, 2.75) is 25.7 Å². The van der Waals surface area contributed by atoms with E-state index in [2.05, 4.69) is 0 Å². The number of rotatable bonds is 5. The van der Waals surface area contributed by atoms with Gasteiger partial charge in [0.15, 0.2) is 0 Å². The second kappa shape index (κ2) is 8.34. The number of carbonyl (C=O) groups is 2. The molecule has 2 aliphatic rings. The van der Waals surface area contributed by atoms with E-state index in [4.69, 9.17) is 9.47 Å². The molecule has 1 atom stereocenters. The lowest BCUT2D eigenvalue weighted by Crippen LogP contribution is -2.48. The van der Waals surface area contributed by atoms with E-state index >= 15 is 0 Å². The second-order valence-corrected chi connectivity index (χ2v) is 5.85. The van der Waals surface area contributed by atoms with Crippen molar-refractivity contribution in [3.63, 3.8) is 0 Å². The fraction of sp³-hybridized carbons (Fsp3) is 0.867. The third-order valence-corrected chi connectivity index (χ3v) is 4.26. The molecule has 0 spiro atoms. The van der Waals surface area contributed by atoms with Crippen molar-refractivity contribution < 1.29 is 19.1 Å². The zero-order chi connectivity index (χ0) is 15.1. The highest BCUT2D eigenvalue weighted by Gasteiger charge is 2.26. The minimum Gasteiger partial charge on any atom is -0.385 e. The molecule has 0 aliphatic carbocycles. The van der Waals surface area contributed by atoms with E-state index in [0.717, 1.165) is 45.4 Å². The van der Waals surface area contributed by atoms with E-state index in [1.165, 1.54) is 0 Å². The van der Waals surface area contributed by atoms with Crippen molar-refractivity contribution in [1.29, 1.82) is 0 Å². The Morgan fingerprint density at radius 3 is 3.00 bits per heavy atom. The Morgan fingerprint density at radius 1 is 1.38 bits per heavy atom. The first-order chi connectivity index (χ1) is 10.2. The SMILES string of the molecule is COCC[C@H]1CCCCN(C(=O)CN2CCOCC2=O)C1. The molecule has 2 aliphatic heterocycles. The average Bonchev–Trinajstić information content (AvgIpc) is 2.73. The van der Waals surface area contributed by atoms with E-state index < -0.39 is 0 Å². The summed E-state index contributed by atoms with van der Waals surface area (Å²) in [4.78, 5) is 27.7. The predicted octanol–water partition coefficient (Wildman–Crippen LogP) is 0.510. The van der Waals surface area contributed by atoms with E-state index in [9.17, 15) is 9.59 Å². The van der Waals surface area contributed by atoms with Gasteiger partial charge in [0.1, 0.15) is 6.61 Å². The average molecular weight is 298 g/mol. The molecule has 2 rings (SSSR count). The van der Waals surface area contributed by atoms with Crippen LogP contribution in [0.4, 0.5) is 0 Å². The van der Waals surface area contributed by atoms with Crippen LogP contribution in [0.3, 0.4) is 0 Å². The van der Waals surface area contributed by atoms with Gasteiger partial charge in [0, 0.05) is 33.4 Å². The number of likely N-dealkylation sites (tertiary alicyclic amines) is 1. The van der Waals surface area contributed by atoms with Gasteiger partial charge in [-0.2, -0.15) is 0 Å². The molecule has 2 fully saturated rings. The van der Waals surface area contributed by atoms with Crippen LogP contribution < -0.4 is 0 Å². The Hall–Kier alpha value is -1.14. The first-order valence-corrected chi connectivity index (χ1v) is 7.83. The highest BCUT2D eigenvalue weighted by atomic mass is 16.5. The monoisotopic (exact) mass is 298 g/mol. The summed E-state index contributed by atoms with van der Waals surface area (Å²) in [5.74, 6) is 0.492. The molecule has 2 heterocycles. The molecule has 6 heteroatoms. The summed E-state index contributed by atoms with van der Waals surface area (Å²) in [5, 5.41) is 0. The Kier molecular flexibility index (Phi) is 6.45. The fourth-order valence-electron chi connectivity index (χ4n) is 2.96. The van der Waals surface area contributed by atoms with Crippen LogP contribution in [-0.4, -0.2) is 74.7 Å². The molecule has 0 aromatic carbocycles. The van der Waals surface area contributed by atoms with E-state index in [1.807, 2.05) is 4.90 Å². The summed E-state index contributed by atoms with van der Waals surface area (Å²) in [7, 11) is 1.71. The Morgan fingerprint density at radius 2 is 2.24 bits per heavy atom. The number of methoxy groups -OCH3 is 1. The topological polar surface area (TPSA) is 59.1 Å². The maximum absolute atomic E-state index is 12.4.